The largest absolute Gasteiger partial charge is 0.264 e. The Labute approximate surface area is 190 Å². The molecule has 0 saturated carbocycles. The van der Waals surface area contributed by atoms with E-state index in [1.54, 1.807) is 29.3 Å². The number of pyridine rings is 2. The monoisotopic (exact) mass is 493 g/mol. The Morgan fingerprint density at radius 1 is 1.03 bits per heavy atom. The number of halogens is 3. The molecule has 0 fully saturated rings. The Morgan fingerprint density at radius 3 is 2.77 bits per heavy atom. The highest BCUT2D eigenvalue weighted by Gasteiger charge is 2.20. The van der Waals surface area contributed by atoms with Crippen LogP contribution in [0, 0.1) is 5.82 Å². The van der Waals surface area contributed by atoms with Crippen LogP contribution in [0.1, 0.15) is 5.56 Å². The van der Waals surface area contributed by atoms with Crippen LogP contribution in [-0.2, 0) is 6.54 Å². The molecule has 8 heteroatoms. The van der Waals surface area contributed by atoms with Crippen LogP contribution in [0.5, 0.6) is 0 Å². The van der Waals surface area contributed by atoms with E-state index < -0.39 is 5.82 Å². The summed E-state index contributed by atoms with van der Waals surface area (Å²) in [6.45, 7) is 0.438. The Hall–Kier alpha value is -3.16. The molecule has 0 aliphatic carbocycles. The van der Waals surface area contributed by atoms with Crippen molar-refractivity contribution in [3.8, 4) is 22.5 Å². The highest BCUT2D eigenvalue weighted by atomic mass is 79.9. The van der Waals surface area contributed by atoms with E-state index >= 15 is 0 Å². The van der Waals surface area contributed by atoms with Gasteiger partial charge in [0.1, 0.15) is 11.5 Å². The highest BCUT2D eigenvalue weighted by molar-refractivity contribution is 9.10. The molecule has 3 heterocycles. The maximum atomic E-state index is 14.7. The number of nitrogens with zero attached hydrogens (tertiary/aromatic N) is 5. The molecule has 0 aliphatic rings. The first-order valence-electron chi connectivity index (χ1n) is 9.42. The lowest BCUT2D eigenvalue weighted by Gasteiger charge is -2.10. The molecule has 5 nitrogen and oxygen atoms in total. The van der Waals surface area contributed by atoms with E-state index in [1.165, 1.54) is 12.1 Å². The minimum absolute atomic E-state index is 0.299. The SMILES string of the molecule is Fc1ccc(Cl)cc1-c1nnn(Cc2cccnc2)c1-c1ccc2ncc(Br)cc2c1. The summed E-state index contributed by atoms with van der Waals surface area (Å²) in [5.74, 6) is -0.413. The van der Waals surface area contributed by atoms with Crippen molar-refractivity contribution in [1.29, 1.82) is 0 Å². The third-order valence-electron chi connectivity index (χ3n) is 4.90. The zero-order valence-electron chi connectivity index (χ0n) is 16.0. The lowest BCUT2D eigenvalue weighted by molar-refractivity contribution is 0.630. The number of fused-ring (bicyclic) bond motifs is 1. The molecule has 0 atom stereocenters. The molecule has 0 bridgehead atoms. The van der Waals surface area contributed by atoms with Crippen LogP contribution in [0.2, 0.25) is 5.02 Å². The van der Waals surface area contributed by atoms with E-state index in [0.717, 1.165) is 26.5 Å². The van der Waals surface area contributed by atoms with Crippen molar-refractivity contribution in [2.45, 2.75) is 6.54 Å². The fraction of sp³-hybridized carbons (Fsp3) is 0.0435. The van der Waals surface area contributed by atoms with Gasteiger partial charge in [0.15, 0.2) is 0 Å². The Morgan fingerprint density at radius 2 is 1.94 bits per heavy atom. The maximum absolute atomic E-state index is 14.7. The third-order valence-corrected chi connectivity index (χ3v) is 5.56. The predicted molar refractivity (Wildman–Crippen MR) is 122 cm³/mol. The standard InChI is InChI=1S/C23H14BrClFN5/c24-17-9-16-8-15(3-6-21(16)28-12-17)23-22(19-10-18(25)4-5-20(19)26)29-30-31(23)13-14-2-1-7-27-11-14/h1-12H,13H2. The number of aromatic nitrogens is 5. The molecule has 3 aromatic heterocycles. The van der Waals surface area contributed by atoms with Crippen molar-refractivity contribution in [3.05, 3.63) is 94.1 Å². The molecule has 0 radical (unpaired) electrons. The van der Waals surface area contributed by atoms with Crippen LogP contribution in [0.3, 0.4) is 0 Å². The second-order valence-corrected chi connectivity index (χ2v) is 8.34. The maximum Gasteiger partial charge on any atom is 0.132 e. The summed E-state index contributed by atoms with van der Waals surface area (Å²) in [5.41, 5.74) is 4.06. The first kappa shape index (κ1) is 19.8. The number of benzene rings is 2. The van der Waals surface area contributed by atoms with Crippen molar-refractivity contribution < 1.29 is 4.39 Å². The topological polar surface area (TPSA) is 56.5 Å². The van der Waals surface area contributed by atoms with Crippen LogP contribution in [0.25, 0.3) is 33.4 Å². The Bertz CT molecular complexity index is 1400. The van der Waals surface area contributed by atoms with Gasteiger partial charge < -0.3 is 0 Å². The second-order valence-electron chi connectivity index (χ2n) is 6.99. The molecule has 152 valence electrons. The minimum atomic E-state index is -0.413. The number of hydrogen-bond acceptors (Lipinski definition) is 4. The van der Waals surface area contributed by atoms with Gasteiger partial charge in [-0.1, -0.05) is 28.9 Å². The van der Waals surface area contributed by atoms with E-state index in [4.69, 9.17) is 11.6 Å². The van der Waals surface area contributed by atoms with Gasteiger partial charge in [-0.2, -0.15) is 0 Å². The molecular weight excluding hydrogens is 481 g/mol. The van der Waals surface area contributed by atoms with Gasteiger partial charge in [0.25, 0.3) is 0 Å². The highest BCUT2D eigenvalue weighted by Crippen LogP contribution is 2.35. The lowest BCUT2D eigenvalue weighted by atomic mass is 10.0. The van der Waals surface area contributed by atoms with Crippen molar-refractivity contribution in [2.24, 2.45) is 0 Å². The van der Waals surface area contributed by atoms with Crippen molar-refractivity contribution in [2.75, 3.05) is 0 Å². The summed E-state index contributed by atoms with van der Waals surface area (Å²) in [6, 6.07) is 16.1. The summed E-state index contributed by atoms with van der Waals surface area (Å²) in [5, 5.41) is 10.0. The normalized spacial score (nSPS) is 11.2. The van der Waals surface area contributed by atoms with Crippen molar-refractivity contribution >= 4 is 38.4 Å². The van der Waals surface area contributed by atoms with Crippen LogP contribution in [-0.4, -0.2) is 25.0 Å². The smallest absolute Gasteiger partial charge is 0.132 e. The number of rotatable bonds is 4. The van der Waals surface area contributed by atoms with Gasteiger partial charge in [-0.3, -0.25) is 9.97 Å². The first-order valence-corrected chi connectivity index (χ1v) is 10.6. The zero-order valence-corrected chi connectivity index (χ0v) is 18.3. The van der Waals surface area contributed by atoms with Gasteiger partial charge in [0.05, 0.1) is 17.8 Å². The van der Waals surface area contributed by atoms with Gasteiger partial charge in [-0.25, -0.2) is 9.07 Å². The van der Waals surface area contributed by atoms with Crippen molar-refractivity contribution in [1.82, 2.24) is 25.0 Å². The van der Waals surface area contributed by atoms with Crippen LogP contribution >= 0.6 is 27.5 Å². The van der Waals surface area contributed by atoms with E-state index in [1.807, 2.05) is 36.4 Å². The molecule has 2 aromatic carbocycles. The quantitative estimate of drug-likeness (QED) is 0.300. The molecule has 0 saturated heterocycles. The van der Waals surface area contributed by atoms with E-state index in [-0.39, 0.29) is 0 Å². The summed E-state index contributed by atoms with van der Waals surface area (Å²) < 4.78 is 17.4. The molecular formula is C23H14BrClFN5. The summed E-state index contributed by atoms with van der Waals surface area (Å²) >= 11 is 9.62. The van der Waals surface area contributed by atoms with E-state index in [9.17, 15) is 4.39 Å². The van der Waals surface area contributed by atoms with Gasteiger partial charge in [-0.15, -0.1) is 5.10 Å². The molecule has 0 aliphatic heterocycles. The van der Waals surface area contributed by atoms with Gasteiger partial charge >= 0.3 is 0 Å². The average Bonchev–Trinajstić information content (AvgIpc) is 3.18. The predicted octanol–water partition coefficient (Wildman–Crippen LogP) is 6.16. The minimum Gasteiger partial charge on any atom is -0.264 e. The summed E-state index contributed by atoms with van der Waals surface area (Å²) in [6.07, 6.45) is 5.24. The first-order chi connectivity index (χ1) is 15.1. The van der Waals surface area contributed by atoms with E-state index in [2.05, 4.69) is 36.2 Å². The fourth-order valence-corrected chi connectivity index (χ4v) is 4.01. The summed E-state index contributed by atoms with van der Waals surface area (Å²) in [7, 11) is 0. The Kier molecular flexibility index (Phi) is 5.21. The number of hydrogen-bond donors (Lipinski definition) is 0. The fourth-order valence-electron chi connectivity index (χ4n) is 3.49. The second kappa shape index (κ2) is 8.17. The molecule has 0 N–H and O–H groups in total. The van der Waals surface area contributed by atoms with Crippen LogP contribution < -0.4 is 0 Å². The van der Waals surface area contributed by atoms with Crippen molar-refractivity contribution in [3.63, 3.8) is 0 Å². The third kappa shape index (κ3) is 3.94. The summed E-state index contributed by atoms with van der Waals surface area (Å²) in [4.78, 5) is 8.60. The molecule has 31 heavy (non-hydrogen) atoms. The van der Waals surface area contributed by atoms with Crippen LogP contribution in [0.4, 0.5) is 4.39 Å². The Balaban J connectivity index is 1.73. The molecule has 0 unspecified atom stereocenters. The molecule has 5 rings (SSSR count). The molecule has 0 spiro atoms. The van der Waals surface area contributed by atoms with E-state index in [0.29, 0.717) is 28.5 Å². The van der Waals surface area contributed by atoms with Gasteiger partial charge in [0, 0.05) is 44.6 Å². The van der Waals surface area contributed by atoms with Gasteiger partial charge in [-0.05, 0) is 64.0 Å². The van der Waals surface area contributed by atoms with Crippen LogP contribution in [0.15, 0.2) is 77.7 Å². The average molecular weight is 495 g/mol. The molecule has 5 aromatic rings. The zero-order chi connectivity index (χ0) is 21.4. The van der Waals surface area contributed by atoms with Gasteiger partial charge in [0.2, 0.25) is 0 Å². The lowest BCUT2D eigenvalue weighted by Crippen LogP contribution is -2.04. The molecule has 0 amide bonds.